The van der Waals surface area contributed by atoms with Gasteiger partial charge in [-0.2, -0.15) is 0 Å². The minimum Gasteiger partial charge on any atom is -0.394 e. The maximum Gasteiger partial charge on any atom is 0.264 e. The Kier molecular flexibility index (Phi) is 4.15. The summed E-state index contributed by atoms with van der Waals surface area (Å²) in [6.45, 7) is 0. The van der Waals surface area contributed by atoms with Crippen molar-refractivity contribution in [3.63, 3.8) is 0 Å². The third-order valence-corrected chi connectivity index (χ3v) is 4.60. The van der Waals surface area contributed by atoms with Gasteiger partial charge in [-0.1, -0.05) is 0 Å². The summed E-state index contributed by atoms with van der Waals surface area (Å²) in [6.07, 6.45) is 0. The van der Waals surface area contributed by atoms with Gasteiger partial charge in [0.2, 0.25) is 0 Å². The van der Waals surface area contributed by atoms with Crippen molar-refractivity contribution >= 4 is 37.3 Å². The molecule has 0 aliphatic heterocycles. The summed E-state index contributed by atoms with van der Waals surface area (Å²) in [5.74, 6) is -3.03. The van der Waals surface area contributed by atoms with Gasteiger partial charge in [0.05, 0.1) is 5.69 Å². The van der Waals surface area contributed by atoms with Crippen LogP contribution >= 0.6 is 15.9 Å². The van der Waals surface area contributed by atoms with Gasteiger partial charge in [-0.05, 0) is 46.3 Å². The molecule has 21 heavy (non-hydrogen) atoms. The van der Waals surface area contributed by atoms with Gasteiger partial charge in [0.25, 0.3) is 10.0 Å². The Morgan fingerprint density at radius 1 is 1.10 bits per heavy atom. The summed E-state index contributed by atoms with van der Waals surface area (Å²) in [4.78, 5) is -0.808. The number of sulfonamides is 1. The average molecular weight is 381 g/mol. The Balaban J connectivity index is 2.46. The molecule has 0 amide bonds. The molecule has 0 saturated carbocycles. The van der Waals surface area contributed by atoms with E-state index in [1.54, 1.807) is 0 Å². The monoisotopic (exact) mass is 380 g/mol. The smallest absolute Gasteiger partial charge is 0.264 e. The summed E-state index contributed by atoms with van der Waals surface area (Å²) in [5, 5.41) is 0. The fraction of sp³-hybridized carbons (Fsp3) is 0. The summed E-state index contributed by atoms with van der Waals surface area (Å²) in [5.41, 5.74) is 4.23. The predicted octanol–water partition coefficient (Wildman–Crippen LogP) is 3.25. The fourth-order valence-corrected chi connectivity index (χ4v) is 3.28. The second kappa shape index (κ2) is 5.57. The Morgan fingerprint density at radius 2 is 1.76 bits per heavy atom. The molecule has 3 N–H and O–H groups in total. The lowest BCUT2D eigenvalue weighted by atomic mass is 10.3. The molecule has 9 heteroatoms. The molecule has 2 rings (SSSR count). The van der Waals surface area contributed by atoms with Gasteiger partial charge in [0.15, 0.2) is 5.82 Å². The highest BCUT2D eigenvalue weighted by molar-refractivity contribution is 9.10. The molecule has 0 heterocycles. The highest BCUT2D eigenvalue weighted by Crippen LogP contribution is 2.28. The lowest BCUT2D eigenvalue weighted by Gasteiger charge is -2.11. The van der Waals surface area contributed by atoms with Crippen LogP contribution in [0.15, 0.2) is 39.7 Å². The van der Waals surface area contributed by atoms with E-state index in [0.717, 1.165) is 30.3 Å². The number of anilines is 2. The highest BCUT2D eigenvalue weighted by atomic mass is 79.9. The molecule has 0 aliphatic rings. The molecule has 0 aromatic heterocycles. The van der Waals surface area contributed by atoms with Crippen LogP contribution < -0.4 is 10.5 Å². The van der Waals surface area contributed by atoms with Crippen LogP contribution in [0.3, 0.4) is 0 Å². The third-order valence-electron chi connectivity index (χ3n) is 2.56. The van der Waals surface area contributed by atoms with Gasteiger partial charge in [-0.25, -0.2) is 21.6 Å². The molecule has 0 aliphatic carbocycles. The fourth-order valence-electron chi connectivity index (χ4n) is 1.53. The third kappa shape index (κ3) is 3.13. The number of benzene rings is 2. The van der Waals surface area contributed by atoms with Crippen molar-refractivity contribution in [1.82, 2.24) is 0 Å². The van der Waals surface area contributed by atoms with Gasteiger partial charge in [0, 0.05) is 4.47 Å². The van der Waals surface area contributed by atoms with Crippen LogP contribution in [0.1, 0.15) is 0 Å². The minimum atomic E-state index is -4.34. The van der Waals surface area contributed by atoms with Crippen molar-refractivity contribution in [3.8, 4) is 0 Å². The maximum absolute atomic E-state index is 13.8. The zero-order valence-electron chi connectivity index (χ0n) is 10.2. The maximum atomic E-state index is 13.8. The normalized spacial score (nSPS) is 11.4. The molecule has 4 nitrogen and oxygen atoms in total. The number of hydrogen-bond donors (Lipinski definition) is 2. The molecule has 2 aromatic rings. The van der Waals surface area contributed by atoms with E-state index >= 15 is 0 Å². The van der Waals surface area contributed by atoms with Crippen LogP contribution in [0.5, 0.6) is 0 Å². The minimum absolute atomic E-state index is 0.00121. The van der Waals surface area contributed by atoms with Crippen molar-refractivity contribution in [3.05, 3.63) is 52.3 Å². The highest BCUT2D eigenvalue weighted by Gasteiger charge is 2.23. The number of hydrogen-bond acceptors (Lipinski definition) is 3. The van der Waals surface area contributed by atoms with Crippen molar-refractivity contribution in [2.75, 3.05) is 10.5 Å². The summed E-state index contributed by atoms with van der Waals surface area (Å²) in [6, 6.07) is 4.71. The topological polar surface area (TPSA) is 72.2 Å². The van der Waals surface area contributed by atoms with Gasteiger partial charge >= 0.3 is 0 Å². The zero-order valence-corrected chi connectivity index (χ0v) is 12.6. The molecule has 0 atom stereocenters. The zero-order chi connectivity index (χ0) is 15.8. The molecule has 0 spiro atoms. The molecule has 112 valence electrons. The van der Waals surface area contributed by atoms with Crippen molar-refractivity contribution in [1.29, 1.82) is 0 Å². The summed E-state index contributed by atoms with van der Waals surface area (Å²) in [7, 11) is -4.34. The molecule has 2 aromatic carbocycles. The van der Waals surface area contributed by atoms with E-state index in [1.807, 2.05) is 0 Å². The Labute approximate surface area is 127 Å². The standard InChI is InChI=1S/C12H8BrF3N2O2S/c13-7-5-6(14)1-3-9(7)18-21(19,20)10-4-2-8(15)12(17)11(10)16/h1-5,18H,17H2. The first kappa shape index (κ1) is 15.6. The second-order valence-corrected chi connectivity index (χ2v) is 6.51. The van der Waals surface area contributed by atoms with E-state index in [4.69, 9.17) is 5.73 Å². The number of rotatable bonds is 3. The van der Waals surface area contributed by atoms with Gasteiger partial charge in [-0.15, -0.1) is 0 Å². The van der Waals surface area contributed by atoms with E-state index in [9.17, 15) is 21.6 Å². The first-order valence-corrected chi connectivity index (χ1v) is 7.71. The predicted molar refractivity (Wildman–Crippen MR) is 75.7 cm³/mol. The van der Waals surface area contributed by atoms with Crippen LogP contribution in [-0.4, -0.2) is 8.42 Å². The largest absolute Gasteiger partial charge is 0.394 e. The summed E-state index contributed by atoms with van der Waals surface area (Å²) >= 11 is 2.97. The van der Waals surface area contributed by atoms with E-state index < -0.39 is 38.1 Å². The number of nitrogens with one attached hydrogen (secondary N) is 1. The Bertz CT molecular complexity index is 812. The first-order valence-electron chi connectivity index (χ1n) is 5.43. The quantitative estimate of drug-likeness (QED) is 0.802. The lowest BCUT2D eigenvalue weighted by molar-refractivity contribution is 0.557. The van der Waals surface area contributed by atoms with E-state index in [0.29, 0.717) is 0 Å². The average Bonchev–Trinajstić information content (AvgIpc) is 2.39. The van der Waals surface area contributed by atoms with Gasteiger partial charge in [0.1, 0.15) is 22.2 Å². The lowest BCUT2D eigenvalue weighted by Crippen LogP contribution is -2.16. The molecule has 0 fully saturated rings. The van der Waals surface area contributed by atoms with E-state index in [2.05, 4.69) is 20.7 Å². The van der Waals surface area contributed by atoms with Crippen LogP contribution in [0.4, 0.5) is 24.5 Å². The number of nitrogens with two attached hydrogens (primary N) is 1. The van der Waals surface area contributed by atoms with Crippen molar-refractivity contribution in [2.45, 2.75) is 4.90 Å². The molecule has 0 saturated heterocycles. The number of halogens is 4. The molecule has 0 unspecified atom stereocenters. The van der Waals surface area contributed by atoms with Crippen molar-refractivity contribution < 1.29 is 21.6 Å². The Morgan fingerprint density at radius 3 is 2.38 bits per heavy atom. The Hall–Kier alpha value is -1.74. The van der Waals surface area contributed by atoms with Crippen LogP contribution in [0.25, 0.3) is 0 Å². The SMILES string of the molecule is Nc1c(F)ccc(S(=O)(=O)Nc2ccc(F)cc2Br)c1F. The van der Waals surface area contributed by atoms with E-state index in [1.165, 1.54) is 0 Å². The molecule has 0 bridgehead atoms. The molecular formula is C12H8BrF3N2O2S. The molecule has 0 radical (unpaired) electrons. The van der Waals surface area contributed by atoms with Crippen LogP contribution in [0.2, 0.25) is 0 Å². The molecular weight excluding hydrogens is 373 g/mol. The van der Waals surface area contributed by atoms with Gasteiger partial charge < -0.3 is 5.73 Å². The second-order valence-electron chi connectivity index (χ2n) is 4.00. The first-order chi connectivity index (χ1) is 9.72. The summed E-state index contributed by atoms with van der Waals surface area (Å²) < 4.78 is 66.1. The van der Waals surface area contributed by atoms with Crippen LogP contribution in [-0.2, 0) is 10.0 Å². The van der Waals surface area contributed by atoms with E-state index in [-0.39, 0.29) is 10.2 Å². The van der Waals surface area contributed by atoms with Crippen molar-refractivity contribution in [2.24, 2.45) is 0 Å². The number of nitrogen functional groups attached to an aromatic ring is 1. The van der Waals surface area contributed by atoms with Gasteiger partial charge in [-0.3, -0.25) is 4.72 Å². The van der Waals surface area contributed by atoms with Crippen LogP contribution in [0, 0.1) is 17.5 Å².